The van der Waals surface area contributed by atoms with Crippen LogP contribution >= 0.6 is 11.6 Å². The van der Waals surface area contributed by atoms with Crippen molar-refractivity contribution in [2.75, 3.05) is 24.6 Å². The number of aliphatic hydroxyl groups excluding tert-OH is 1. The minimum absolute atomic E-state index is 0.0561. The number of benzene rings is 2. The van der Waals surface area contributed by atoms with E-state index in [0.717, 1.165) is 61.7 Å². The van der Waals surface area contributed by atoms with Gasteiger partial charge in [0, 0.05) is 29.6 Å². The van der Waals surface area contributed by atoms with Gasteiger partial charge in [-0.25, -0.2) is 0 Å². The fraction of sp³-hybridized carbons (Fsp3) is 0.531. The van der Waals surface area contributed by atoms with Gasteiger partial charge >= 0.3 is 0 Å². The Labute approximate surface area is 246 Å². The van der Waals surface area contributed by atoms with Gasteiger partial charge in [0.1, 0.15) is 5.75 Å². The molecule has 1 N–H and O–H groups in total. The largest absolute Gasteiger partial charge is 0.491 e. The number of aliphatic hydroxyl groups is 1. The zero-order valence-corrected chi connectivity index (χ0v) is 25.4. The topological polar surface area (TPSA) is 79.2 Å². The summed E-state index contributed by atoms with van der Waals surface area (Å²) in [5.41, 5.74) is 2.51. The van der Waals surface area contributed by atoms with E-state index in [0.29, 0.717) is 24.5 Å². The fourth-order valence-electron chi connectivity index (χ4n) is 5.50. The number of hydrogen-bond donors (Lipinski definition) is 1. The molecule has 40 heavy (non-hydrogen) atoms. The van der Waals surface area contributed by atoms with Crippen LogP contribution in [0.15, 0.2) is 59.0 Å². The van der Waals surface area contributed by atoms with Gasteiger partial charge in [0.2, 0.25) is 0 Å². The Morgan fingerprint density at radius 1 is 1.20 bits per heavy atom. The number of hydrogen-bond acceptors (Lipinski definition) is 6. The highest BCUT2D eigenvalue weighted by Gasteiger charge is 2.26. The van der Waals surface area contributed by atoms with Crippen LogP contribution in [0, 0.1) is 17.8 Å². The van der Waals surface area contributed by atoms with Crippen LogP contribution in [0.25, 0.3) is 0 Å². The van der Waals surface area contributed by atoms with Crippen LogP contribution in [0.4, 0.5) is 5.69 Å². The van der Waals surface area contributed by atoms with Crippen molar-refractivity contribution in [1.82, 2.24) is 0 Å². The van der Waals surface area contributed by atoms with Crippen molar-refractivity contribution in [3.63, 3.8) is 0 Å². The summed E-state index contributed by atoms with van der Waals surface area (Å²) in [6, 6.07) is 13.4. The SMILES string of the molecule is CC[C@@H]1CCN2C[C@@H](CCCc3cccc(Cl)c3)COc3ccc(cc32)C(=O)N=[S-](=O)[C@H](C)[C@@H](C)C/C=C/[C@@H]1O. The molecule has 218 valence electrons. The van der Waals surface area contributed by atoms with Crippen LogP contribution in [0.2, 0.25) is 5.02 Å². The number of aryl methyl sites for hydroxylation is 1. The summed E-state index contributed by atoms with van der Waals surface area (Å²) in [5.74, 6) is 0.750. The molecular weight excluding hydrogens is 544 g/mol. The summed E-state index contributed by atoms with van der Waals surface area (Å²) in [6.45, 7) is 8.10. The molecule has 6 nitrogen and oxygen atoms in total. The summed E-state index contributed by atoms with van der Waals surface area (Å²) in [4.78, 5) is 15.4. The van der Waals surface area contributed by atoms with E-state index in [9.17, 15) is 14.1 Å². The summed E-state index contributed by atoms with van der Waals surface area (Å²) >= 11 is 6.17. The van der Waals surface area contributed by atoms with E-state index in [2.05, 4.69) is 22.3 Å². The van der Waals surface area contributed by atoms with Gasteiger partial charge in [-0.15, -0.1) is 0 Å². The summed E-state index contributed by atoms with van der Waals surface area (Å²) < 4.78 is 23.3. The number of nitrogens with zero attached hydrogens (tertiary/aromatic N) is 2. The van der Waals surface area contributed by atoms with E-state index in [1.165, 1.54) is 5.56 Å². The van der Waals surface area contributed by atoms with Gasteiger partial charge < -0.3 is 23.3 Å². The number of halogens is 1. The van der Waals surface area contributed by atoms with E-state index in [-0.39, 0.29) is 17.1 Å². The molecule has 2 aliphatic rings. The van der Waals surface area contributed by atoms with Gasteiger partial charge in [-0.3, -0.25) is 4.79 Å². The third kappa shape index (κ3) is 8.11. The van der Waals surface area contributed by atoms with E-state index >= 15 is 0 Å². The first kappa shape index (κ1) is 30.6. The van der Waals surface area contributed by atoms with E-state index in [4.69, 9.17) is 16.3 Å². The zero-order valence-electron chi connectivity index (χ0n) is 23.8. The molecule has 0 radical (unpaired) electrons. The van der Waals surface area contributed by atoms with Gasteiger partial charge in [-0.1, -0.05) is 74.2 Å². The van der Waals surface area contributed by atoms with Gasteiger partial charge in [0.15, 0.2) is 0 Å². The minimum Gasteiger partial charge on any atom is -0.491 e. The van der Waals surface area contributed by atoms with Crippen molar-refractivity contribution in [1.29, 1.82) is 0 Å². The van der Waals surface area contributed by atoms with Crippen LogP contribution in [-0.4, -0.2) is 42.1 Å². The molecule has 8 heteroatoms. The Bertz CT molecular complexity index is 1280. The van der Waals surface area contributed by atoms with Crippen molar-refractivity contribution in [2.24, 2.45) is 22.1 Å². The van der Waals surface area contributed by atoms with Crippen molar-refractivity contribution >= 4 is 33.8 Å². The maximum absolute atomic E-state index is 13.1. The average Bonchev–Trinajstić information content (AvgIpc) is 3.11. The molecule has 2 aromatic carbocycles. The lowest BCUT2D eigenvalue weighted by Crippen LogP contribution is -2.33. The third-order valence-electron chi connectivity index (χ3n) is 8.38. The first-order valence-electron chi connectivity index (χ1n) is 14.5. The maximum atomic E-state index is 13.1. The molecule has 0 saturated carbocycles. The standard InChI is InChI=1S/C32H42ClN2O4S/c1-4-26-16-17-35-20-25(11-6-9-24-10-7-12-28(33)18-24)21-39-31-15-14-27(19-29(31)35)32(37)34-40(38)23(3)22(2)8-5-13-30(26)36/h5,7,10,12-15,18-19,22-23,25-26,30,36H,4,6,8-9,11,16-17,20-21H2,1-3H3/q-1/b13-5+/t22-,23+,25+,26+,30-/m0/s1. The smallest absolute Gasteiger partial charge is 0.254 e. The number of amides is 1. The number of fused-ring (bicyclic) bond motifs is 1. The zero-order chi connectivity index (χ0) is 28.6. The molecule has 0 unspecified atom stereocenters. The first-order valence-corrected chi connectivity index (χ1v) is 16.1. The van der Waals surface area contributed by atoms with Crippen molar-refractivity contribution in [3.05, 3.63) is 70.8 Å². The van der Waals surface area contributed by atoms with Crippen LogP contribution < -0.4 is 9.64 Å². The number of allylic oxidation sites excluding steroid dienone is 1. The molecule has 0 spiro atoms. The quantitative estimate of drug-likeness (QED) is 0.296. The fourth-order valence-corrected chi connectivity index (χ4v) is 6.66. The van der Waals surface area contributed by atoms with Crippen molar-refractivity contribution in [2.45, 2.75) is 70.7 Å². The number of rotatable bonds is 5. The molecule has 0 saturated heterocycles. The maximum Gasteiger partial charge on any atom is 0.254 e. The van der Waals surface area contributed by atoms with Crippen LogP contribution in [0.5, 0.6) is 5.75 Å². The molecule has 0 aliphatic carbocycles. The molecule has 2 bridgehead atoms. The van der Waals surface area contributed by atoms with Crippen molar-refractivity contribution < 1.29 is 18.8 Å². The second-order valence-electron chi connectivity index (χ2n) is 11.3. The Balaban J connectivity index is 1.60. The Morgan fingerprint density at radius 3 is 2.80 bits per heavy atom. The van der Waals surface area contributed by atoms with E-state index < -0.39 is 22.6 Å². The van der Waals surface area contributed by atoms with Gasteiger partial charge in [0.05, 0.1) is 18.4 Å². The molecule has 2 aromatic rings. The van der Waals surface area contributed by atoms with Crippen LogP contribution in [0.1, 0.15) is 68.8 Å². The average molecular weight is 586 g/mol. The molecule has 2 aliphatic heterocycles. The van der Waals surface area contributed by atoms with Crippen LogP contribution in [-0.2, 0) is 21.2 Å². The second kappa shape index (κ2) is 14.5. The van der Waals surface area contributed by atoms with Gasteiger partial charge in [-0.2, -0.15) is 10.6 Å². The number of carbonyl (C=O) groups is 1. The minimum atomic E-state index is -1.65. The highest BCUT2D eigenvalue weighted by molar-refractivity contribution is 7.75. The molecule has 0 fully saturated rings. The molecule has 1 amide bonds. The number of anilines is 1. The summed E-state index contributed by atoms with van der Waals surface area (Å²) in [7, 11) is -1.65. The highest BCUT2D eigenvalue weighted by atomic mass is 35.5. The van der Waals surface area contributed by atoms with E-state index in [1.54, 1.807) is 6.07 Å². The molecular formula is C32H42ClN2O4S-. The molecule has 5 atom stereocenters. The van der Waals surface area contributed by atoms with Crippen LogP contribution in [0.3, 0.4) is 0 Å². The second-order valence-corrected chi connectivity index (χ2v) is 13.2. The Kier molecular flexibility index (Phi) is 11.1. The summed E-state index contributed by atoms with van der Waals surface area (Å²) in [6.07, 6.45) is 8.63. The highest BCUT2D eigenvalue weighted by Crippen LogP contribution is 2.35. The third-order valence-corrected chi connectivity index (χ3v) is 10.1. The van der Waals surface area contributed by atoms with E-state index in [1.807, 2.05) is 56.3 Å². The Morgan fingerprint density at radius 2 is 2.02 bits per heavy atom. The normalized spacial score (nSPS) is 27.4. The first-order chi connectivity index (χ1) is 19.2. The monoisotopic (exact) mass is 585 g/mol. The predicted molar refractivity (Wildman–Crippen MR) is 164 cm³/mol. The molecule has 0 aromatic heterocycles. The number of ether oxygens (including phenoxy) is 1. The molecule has 2 heterocycles. The predicted octanol–water partition coefficient (Wildman–Crippen LogP) is 7.23. The molecule has 4 rings (SSSR count). The van der Waals surface area contributed by atoms with Gasteiger partial charge in [-0.05, 0) is 73.9 Å². The van der Waals surface area contributed by atoms with Gasteiger partial charge in [0.25, 0.3) is 5.91 Å². The van der Waals surface area contributed by atoms with Crippen molar-refractivity contribution in [3.8, 4) is 5.75 Å². The lowest BCUT2D eigenvalue weighted by Gasteiger charge is -2.29. The Hall–Kier alpha value is -2.35. The lowest BCUT2D eigenvalue weighted by atomic mass is 9.93. The lowest BCUT2D eigenvalue weighted by molar-refractivity contribution is 0.100. The summed E-state index contributed by atoms with van der Waals surface area (Å²) in [5, 5.41) is 11.4. The number of carbonyl (C=O) groups excluding carboxylic acids is 1.